The highest BCUT2D eigenvalue weighted by molar-refractivity contribution is 7.14. The van der Waals surface area contributed by atoms with Crippen LogP contribution in [0.2, 0.25) is 0 Å². The van der Waals surface area contributed by atoms with Gasteiger partial charge in [0, 0.05) is 17.5 Å². The summed E-state index contributed by atoms with van der Waals surface area (Å²) in [4.78, 5) is 4.51. The van der Waals surface area contributed by atoms with Gasteiger partial charge in [-0.25, -0.2) is 4.98 Å². The molecule has 17 heavy (non-hydrogen) atoms. The largest absolute Gasteiger partial charge is 0.496 e. The molecule has 88 valence electrons. The Morgan fingerprint density at radius 2 is 2.29 bits per heavy atom. The predicted molar refractivity (Wildman–Crippen MR) is 72.8 cm³/mol. The summed E-state index contributed by atoms with van der Waals surface area (Å²) in [5, 5.41) is 6.08. The highest BCUT2D eigenvalue weighted by atomic mass is 32.1. The zero-order valence-electron chi connectivity index (χ0n) is 9.64. The molecule has 0 amide bonds. The molecule has 1 N–H and O–H groups in total. The summed E-state index contributed by atoms with van der Waals surface area (Å²) in [6.45, 7) is 4.38. The maximum atomic E-state index is 5.32. The average molecular weight is 246 g/mol. The molecule has 3 nitrogen and oxygen atoms in total. The van der Waals surface area contributed by atoms with Crippen LogP contribution >= 0.6 is 11.3 Å². The summed E-state index contributed by atoms with van der Waals surface area (Å²) in [6.07, 6.45) is 1.81. The van der Waals surface area contributed by atoms with Gasteiger partial charge in [0.05, 0.1) is 12.8 Å². The number of methoxy groups -OCH3 is 1. The molecule has 1 aromatic heterocycles. The lowest BCUT2D eigenvalue weighted by Crippen LogP contribution is -1.96. The third-order valence-electron chi connectivity index (χ3n) is 2.28. The smallest absolute Gasteiger partial charge is 0.183 e. The Bertz CT molecular complexity index is 508. The van der Waals surface area contributed by atoms with Crippen LogP contribution in [0.15, 0.2) is 42.3 Å². The van der Waals surface area contributed by atoms with Gasteiger partial charge in [-0.15, -0.1) is 17.9 Å². The van der Waals surface area contributed by atoms with Gasteiger partial charge in [0.25, 0.3) is 0 Å². The number of nitrogens with zero attached hydrogens (tertiary/aromatic N) is 1. The van der Waals surface area contributed by atoms with E-state index in [2.05, 4.69) is 16.9 Å². The Labute approximate surface area is 105 Å². The van der Waals surface area contributed by atoms with Crippen LogP contribution in [0.4, 0.5) is 5.13 Å². The zero-order chi connectivity index (χ0) is 12.1. The van der Waals surface area contributed by atoms with E-state index in [1.165, 1.54) is 0 Å². The van der Waals surface area contributed by atoms with Crippen LogP contribution in [0.25, 0.3) is 11.3 Å². The highest BCUT2D eigenvalue weighted by Gasteiger charge is 2.08. The third-order valence-corrected chi connectivity index (χ3v) is 3.08. The number of hydrogen-bond donors (Lipinski definition) is 1. The maximum Gasteiger partial charge on any atom is 0.183 e. The Hall–Kier alpha value is -1.81. The standard InChI is InChI=1S/C13H14N2OS/c1-3-8-14-13-15-11(9-17-13)10-6-4-5-7-12(10)16-2/h3-7,9H,1,8H2,2H3,(H,14,15). The quantitative estimate of drug-likeness (QED) is 0.821. The van der Waals surface area contributed by atoms with E-state index < -0.39 is 0 Å². The van der Waals surface area contributed by atoms with Gasteiger partial charge in [-0.1, -0.05) is 18.2 Å². The maximum absolute atomic E-state index is 5.32. The van der Waals surface area contributed by atoms with Gasteiger partial charge in [0.2, 0.25) is 0 Å². The van der Waals surface area contributed by atoms with Crippen LogP contribution in [-0.4, -0.2) is 18.6 Å². The molecule has 0 unspecified atom stereocenters. The number of thiazole rings is 1. The molecule has 0 aliphatic rings. The SMILES string of the molecule is C=CCNc1nc(-c2ccccc2OC)cs1. The minimum Gasteiger partial charge on any atom is -0.496 e. The van der Waals surface area contributed by atoms with E-state index in [9.17, 15) is 0 Å². The van der Waals surface area contributed by atoms with Gasteiger partial charge < -0.3 is 10.1 Å². The number of rotatable bonds is 5. The molecule has 1 aromatic carbocycles. The first-order valence-electron chi connectivity index (χ1n) is 5.29. The number of para-hydroxylation sites is 1. The van der Waals surface area contributed by atoms with Crippen LogP contribution in [-0.2, 0) is 0 Å². The highest BCUT2D eigenvalue weighted by Crippen LogP contribution is 2.31. The first kappa shape index (κ1) is 11.7. The van der Waals surface area contributed by atoms with Gasteiger partial charge in [-0.05, 0) is 12.1 Å². The fourth-order valence-corrected chi connectivity index (χ4v) is 2.22. The van der Waals surface area contributed by atoms with Crippen molar-refractivity contribution in [3.63, 3.8) is 0 Å². The van der Waals surface area contributed by atoms with Crippen molar-refractivity contribution in [1.29, 1.82) is 0 Å². The van der Waals surface area contributed by atoms with Crippen molar-refractivity contribution in [3.05, 3.63) is 42.3 Å². The van der Waals surface area contributed by atoms with Gasteiger partial charge in [0.15, 0.2) is 5.13 Å². The topological polar surface area (TPSA) is 34.2 Å². The molecule has 0 bridgehead atoms. The second kappa shape index (κ2) is 5.50. The van der Waals surface area contributed by atoms with E-state index in [1.54, 1.807) is 18.4 Å². The minimum atomic E-state index is 0.721. The van der Waals surface area contributed by atoms with Crippen molar-refractivity contribution in [2.24, 2.45) is 0 Å². The van der Waals surface area contributed by atoms with Crippen LogP contribution in [0, 0.1) is 0 Å². The van der Waals surface area contributed by atoms with Gasteiger partial charge >= 0.3 is 0 Å². The summed E-state index contributed by atoms with van der Waals surface area (Å²) in [7, 11) is 1.67. The Balaban J connectivity index is 2.27. The van der Waals surface area contributed by atoms with E-state index in [0.29, 0.717) is 0 Å². The second-order valence-corrected chi connectivity index (χ2v) is 4.27. The summed E-state index contributed by atoms with van der Waals surface area (Å²) in [6, 6.07) is 7.87. The summed E-state index contributed by atoms with van der Waals surface area (Å²) in [5.74, 6) is 0.841. The number of anilines is 1. The zero-order valence-corrected chi connectivity index (χ0v) is 10.5. The van der Waals surface area contributed by atoms with Gasteiger partial charge in [-0.2, -0.15) is 0 Å². The summed E-state index contributed by atoms with van der Waals surface area (Å²) >= 11 is 1.58. The van der Waals surface area contributed by atoms with Crippen molar-refractivity contribution >= 4 is 16.5 Å². The van der Waals surface area contributed by atoms with Crippen LogP contribution < -0.4 is 10.1 Å². The molecule has 0 spiro atoms. The van der Waals surface area contributed by atoms with Crippen LogP contribution in [0.1, 0.15) is 0 Å². The average Bonchev–Trinajstić information content (AvgIpc) is 2.85. The van der Waals surface area contributed by atoms with Gasteiger partial charge in [0.1, 0.15) is 5.75 Å². The summed E-state index contributed by atoms with van der Waals surface area (Å²) < 4.78 is 5.32. The van der Waals surface area contributed by atoms with Crippen molar-refractivity contribution in [3.8, 4) is 17.0 Å². The molecule has 0 saturated heterocycles. The minimum absolute atomic E-state index is 0.721. The van der Waals surface area contributed by atoms with Crippen LogP contribution in [0.3, 0.4) is 0 Å². The molecular weight excluding hydrogens is 232 g/mol. The number of ether oxygens (including phenoxy) is 1. The molecule has 0 saturated carbocycles. The molecule has 0 aliphatic carbocycles. The van der Waals surface area contributed by atoms with E-state index in [4.69, 9.17) is 4.74 Å². The predicted octanol–water partition coefficient (Wildman–Crippen LogP) is 3.42. The van der Waals surface area contributed by atoms with E-state index in [0.717, 1.165) is 28.7 Å². The van der Waals surface area contributed by atoms with Crippen LogP contribution in [0.5, 0.6) is 5.75 Å². The Morgan fingerprint density at radius 1 is 1.47 bits per heavy atom. The van der Waals surface area contributed by atoms with E-state index in [-0.39, 0.29) is 0 Å². The number of hydrogen-bond acceptors (Lipinski definition) is 4. The molecular formula is C13H14N2OS. The first-order chi connectivity index (χ1) is 8.35. The normalized spacial score (nSPS) is 9.94. The first-order valence-corrected chi connectivity index (χ1v) is 6.17. The second-order valence-electron chi connectivity index (χ2n) is 3.41. The number of benzene rings is 1. The lowest BCUT2D eigenvalue weighted by Gasteiger charge is -2.04. The van der Waals surface area contributed by atoms with Gasteiger partial charge in [-0.3, -0.25) is 0 Å². The number of nitrogens with one attached hydrogen (secondary N) is 1. The van der Waals surface area contributed by atoms with E-state index >= 15 is 0 Å². The fraction of sp³-hybridized carbons (Fsp3) is 0.154. The van der Waals surface area contributed by atoms with E-state index in [1.807, 2.05) is 35.7 Å². The summed E-state index contributed by atoms with van der Waals surface area (Å²) in [5.41, 5.74) is 1.94. The Morgan fingerprint density at radius 3 is 3.06 bits per heavy atom. The van der Waals surface area contributed by atoms with Crippen molar-refractivity contribution in [1.82, 2.24) is 4.98 Å². The molecule has 0 aliphatic heterocycles. The van der Waals surface area contributed by atoms with Crippen molar-refractivity contribution in [2.75, 3.05) is 19.0 Å². The molecule has 2 aromatic rings. The third kappa shape index (κ3) is 2.65. The fourth-order valence-electron chi connectivity index (χ4n) is 1.49. The molecule has 0 fully saturated rings. The lowest BCUT2D eigenvalue weighted by atomic mass is 10.1. The monoisotopic (exact) mass is 246 g/mol. The van der Waals surface area contributed by atoms with Crippen molar-refractivity contribution < 1.29 is 4.74 Å². The lowest BCUT2D eigenvalue weighted by molar-refractivity contribution is 0.416. The van der Waals surface area contributed by atoms with Crippen molar-refractivity contribution in [2.45, 2.75) is 0 Å². The Kier molecular flexibility index (Phi) is 3.77. The molecule has 2 rings (SSSR count). The molecule has 1 heterocycles. The number of aromatic nitrogens is 1. The molecule has 4 heteroatoms. The molecule has 0 atom stereocenters. The molecule has 0 radical (unpaired) electrons.